The van der Waals surface area contributed by atoms with Gasteiger partial charge in [0.15, 0.2) is 0 Å². The molecule has 0 aromatic carbocycles. The molecule has 0 spiro atoms. The van der Waals surface area contributed by atoms with Gasteiger partial charge >= 0.3 is 0 Å². The van der Waals surface area contributed by atoms with E-state index in [4.69, 9.17) is 5.11 Å². The molecule has 0 saturated carbocycles. The van der Waals surface area contributed by atoms with Crippen LogP contribution in [0.4, 0.5) is 0 Å². The summed E-state index contributed by atoms with van der Waals surface area (Å²) < 4.78 is 0. The zero-order valence-electron chi connectivity index (χ0n) is 7.07. The first-order chi connectivity index (χ1) is 5.79. The zero-order chi connectivity index (χ0) is 8.81. The van der Waals surface area contributed by atoms with Crippen molar-refractivity contribution in [1.82, 2.24) is 15.3 Å². The van der Waals surface area contributed by atoms with Crippen LogP contribution in [0.25, 0.3) is 0 Å². The Morgan fingerprint density at radius 2 is 2.50 bits per heavy atom. The molecule has 0 fully saturated rings. The zero-order valence-corrected chi connectivity index (χ0v) is 7.07. The summed E-state index contributed by atoms with van der Waals surface area (Å²) in [7, 11) is 0. The molecule has 0 aliphatic rings. The van der Waals surface area contributed by atoms with Crippen molar-refractivity contribution in [3.05, 3.63) is 24.3 Å². The third-order valence-electron chi connectivity index (χ3n) is 1.39. The summed E-state index contributed by atoms with van der Waals surface area (Å²) in [6, 6.07) is 1.84. The highest BCUT2D eigenvalue weighted by molar-refractivity contribution is 4.96. The van der Waals surface area contributed by atoms with Crippen LogP contribution in [0.3, 0.4) is 0 Å². The number of hydrogen-bond donors (Lipinski definition) is 2. The molecule has 4 nitrogen and oxygen atoms in total. The number of nitrogens with zero attached hydrogens (tertiary/aromatic N) is 2. The molecule has 66 valence electrons. The topological polar surface area (TPSA) is 58.0 Å². The number of nitrogens with one attached hydrogen (secondary N) is 1. The Morgan fingerprint density at radius 3 is 3.08 bits per heavy atom. The Hall–Kier alpha value is -1.00. The molecule has 12 heavy (non-hydrogen) atoms. The van der Waals surface area contributed by atoms with Gasteiger partial charge in [0.2, 0.25) is 0 Å². The molecular weight excluding hydrogens is 154 g/mol. The molecule has 0 radical (unpaired) electrons. The maximum Gasteiger partial charge on any atom is 0.115 e. The van der Waals surface area contributed by atoms with Crippen LogP contribution in [0.2, 0.25) is 0 Å². The highest BCUT2D eigenvalue weighted by atomic mass is 16.3. The number of aliphatic hydroxyl groups is 1. The fourth-order valence-electron chi connectivity index (χ4n) is 0.832. The highest BCUT2D eigenvalue weighted by Crippen LogP contribution is 1.89. The molecule has 2 N–H and O–H groups in total. The summed E-state index contributed by atoms with van der Waals surface area (Å²) in [5, 5.41) is 12.0. The van der Waals surface area contributed by atoms with E-state index in [2.05, 4.69) is 15.3 Å². The van der Waals surface area contributed by atoms with Crippen molar-refractivity contribution in [3.63, 3.8) is 0 Å². The molecule has 0 unspecified atom stereocenters. The maximum absolute atomic E-state index is 8.94. The van der Waals surface area contributed by atoms with Crippen molar-refractivity contribution in [2.45, 2.75) is 19.6 Å². The molecule has 1 rings (SSSR count). The van der Waals surface area contributed by atoms with Gasteiger partial charge in [0.1, 0.15) is 6.33 Å². The van der Waals surface area contributed by atoms with E-state index in [1.165, 1.54) is 6.33 Å². The molecule has 0 saturated heterocycles. The first-order valence-electron chi connectivity index (χ1n) is 3.92. The van der Waals surface area contributed by atoms with E-state index in [0.29, 0.717) is 13.1 Å². The Labute approximate surface area is 71.7 Å². The summed E-state index contributed by atoms with van der Waals surface area (Å²) in [5.41, 5.74) is 0.936. The normalized spacial score (nSPS) is 12.8. The Morgan fingerprint density at radius 1 is 1.67 bits per heavy atom. The minimum absolute atomic E-state index is 0.313. The van der Waals surface area contributed by atoms with Crippen molar-refractivity contribution in [3.8, 4) is 0 Å². The lowest BCUT2D eigenvalue weighted by molar-refractivity contribution is 0.191. The molecular formula is C8H13N3O. The summed E-state index contributed by atoms with van der Waals surface area (Å²) >= 11 is 0. The summed E-state index contributed by atoms with van der Waals surface area (Å²) in [4.78, 5) is 7.82. The molecule has 1 aromatic rings. The van der Waals surface area contributed by atoms with Crippen molar-refractivity contribution in [2.24, 2.45) is 0 Å². The van der Waals surface area contributed by atoms with E-state index < -0.39 is 0 Å². The average Bonchev–Trinajstić information content (AvgIpc) is 2.05. The van der Waals surface area contributed by atoms with Crippen LogP contribution < -0.4 is 5.32 Å². The van der Waals surface area contributed by atoms with Crippen LogP contribution in [-0.4, -0.2) is 27.7 Å². The van der Waals surface area contributed by atoms with Crippen molar-refractivity contribution in [1.29, 1.82) is 0 Å². The number of aliphatic hydroxyl groups excluding tert-OH is 1. The quantitative estimate of drug-likeness (QED) is 0.660. The maximum atomic E-state index is 8.94. The second-order valence-corrected chi connectivity index (χ2v) is 2.68. The second-order valence-electron chi connectivity index (χ2n) is 2.68. The smallest absolute Gasteiger partial charge is 0.115 e. The number of aromatic nitrogens is 2. The van der Waals surface area contributed by atoms with Crippen molar-refractivity contribution in [2.75, 3.05) is 6.54 Å². The summed E-state index contributed by atoms with van der Waals surface area (Å²) in [6.45, 7) is 3.00. The van der Waals surface area contributed by atoms with Crippen LogP contribution in [0.5, 0.6) is 0 Å². The molecule has 1 heterocycles. The lowest BCUT2D eigenvalue weighted by Crippen LogP contribution is -2.24. The summed E-state index contributed by atoms with van der Waals surface area (Å²) in [6.07, 6.45) is 2.90. The minimum Gasteiger partial charge on any atom is -0.392 e. The van der Waals surface area contributed by atoms with Gasteiger partial charge in [0.05, 0.1) is 11.8 Å². The van der Waals surface area contributed by atoms with Crippen LogP contribution in [0.1, 0.15) is 12.6 Å². The van der Waals surface area contributed by atoms with Gasteiger partial charge in [-0.3, -0.25) is 0 Å². The lowest BCUT2D eigenvalue weighted by atomic mass is 10.3. The van der Waals surface area contributed by atoms with Crippen LogP contribution >= 0.6 is 0 Å². The minimum atomic E-state index is -0.313. The molecule has 1 atom stereocenters. The fraction of sp³-hybridized carbons (Fsp3) is 0.500. The molecule has 0 aliphatic heterocycles. The fourth-order valence-corrected chi connectivity index (χ4v) is 0.832. The third kappa shape index (κ3) is 3.41. The molecule has 1 aromatic heterocycles. The van der Waals surface area contributed by atoms with Gasteiger partial charge in [-0.05, 0) is 13.0 Å². The van der Waals surface area contributed by atoms with Gasteiger partial charge in [0, 0.05) is 19.3 Å². The van der Waals surface area contributed by atoms with Gasteiger partial charge in [-0.15, -0.1) is 0 Å². The molecule has 4 heteroatoms. The van der Waals surface area contributed by atoms with E-state index in [0.717, 1.165) is 5.69 Å². The van der Waals surface area contributed by atoms with Crippen LogP contribution in [-0.2, 0) is 6.54 Å². The van der Waals surface area contributed by atoms with E-state index >= 15 is 0 Å². The SMILES string of the molecule is C[C@H](O)CNCc1ccncn1. The lowest BCUT2D eigenvalue weighted by Gasteiger charge is -2.05. The predicted molar refractivity (Wildman–Crippen MR) is 45.4 cm³/mol. The van der Waals surface area contributed by atoms with E-state index in [9.17, 15) is 0 Å². The van der Waals surface area contributed by atoms with Crippen LogP contribution in [0, 0.1) is 0 Å². The third-order valence-corrected chi connectivity index (χ3v) is 1.39. The van der Waals surface area contributed by atoms with Crippen LogP contribution in [0.15, 0.2) is 18.6 Å². The van der Waals surface area contributed by atoms with E-state index in [1.807, 2.05) is 6.07 Å². The van der Waals surface area contributed by atoms with E-state index in [1.54, 1.807) is 13.1 Å². The number of hydrogen-bond acceptors (Lipinski definition) is 4. The second kappa shape index (κ2) is 4.79. The molecule has 0 aliphatic carbocycles. The van der Waals surface area contributed by atoms with Crippen molar-refractivity contribution >= 4 is 0 Å². The van der Waals surface area contributed by atoms with Crippen molar-refractivity contribution < 1.29 is 5.11 Å². The first kappa shape index (κ1) is 9.09. The largest absolute Gasteiger partial charge is 0.392 e. The standard InChI is InChI=1S/C8H13N3O/c1-7(12)4-10-5-8-2-3-9-6-11-8/h2-3,6-7,10,12H,4-5H2,1H3/t7-/m0/s1. The number of rotatable bonds is 4. The van der Waals surface area contributed by atoms with E-state index in [-0.39, 0.29) is 6.10 Å². The molecule has 0 amide bonds. The monoisotopic (exact) mass is 167 g/mol. The van der Waals surface area contributed by atoms with Gasteiger partial charge in [-0.1, -0.05) is 0 Å². The van der Waals surface area contributed by atoms with Gasteiger partial charge < -0.3 is 10.4 Å². The first-order valence-corrected chi connectivity index (χ1v) is 3.92. The predicted octanol–water partition coefficient (Wildman–Crippen LogP) is -0.0530. The average molecular weight is 167 g/mol. The van der Waals surface area contributed by atoms with Gasteiger partial charge in [-0.25, -0.2) is 9.97 Å². The Kier molecular flexibility index (Phi) is 3.63. The summed E-state index contributed by atoms with van der Waals surface area (Å²) in [5.74, 6) is 0. The van der Waals surface area contributed by atoms with Gasteiger partial charge in [0.25, 0.3) is 0 Å². The van der Waals surface area contributed by atoms with Gasteiger partial charge in [-0.2, -0.15) is 0 Å². The highest BCUT2D eigenvalue weighted by Gasteiger charge is 1.95. The molecule has 0 bridgehead atoms. The Bertz CT molecular complexity index is 213. The Balaban J connectivity index is 2.25.